The van der Waals surface area contributed by atoms with Gasteiger partial charge in [0.1, 0.15) is 9.84 Å². The minimum absolute atomic E-state index is 0.0368. The Labute approximate surface area is 125 Å². The molecular weight excluding hydrogens is 296 g/mol. The molecule has 0 bridgehead atoms. The van der Waals surface area contributed by atoms with Gasteiger partial charge in [0.2, 0.25) is 5.91 Å². The van der Waals surface area contributed by atoms with Crippen LogP contribution in [0.4, 0.5) is 0 Å². The lowest BCUT2D eigenvalue weighted by Gasteiger charge is -2.24. The van der Waals surface area contributed by atoms with Gasteiger partial charge in [-0.15, -0.1) is 0 Å². The molecule has 7 nitrogen and oxygen atoms in total. The van der Waals surface area contributed by atoms with Gasteiger partial charge in [0.05, 0.1) is 17.7 Å². The third kappa shape index (κ3) is 6.43. The number of sulfone groups is 1. The van der Waals surface area contributed by atoms with E-state index < -0.39 is 39.7 Å². The molecule has 8 heteroatoms. The van der Waals surface area contributed by atoms with Crippen LogP contribution in [0, 0.1) is 5.92 Å². The van der Waals surface area contributed by atoms with E-state index in [0.29, 0.717) is 12.8 Å². The molecule has 1 rings (SSSR count). The molecule has 0 aromatic carbocycles. The Hall–Kier alpha value is -1.15. The topological polar surface area (TPSA) is 127 Å². The molecule has 122 valence electrons. The Morgan fingerprint density at radius 1 is 1.29 bits per heavy atom. The molecule has 0 spiro atoms. The lowest BCUT2D eigenvalue weighted by molar-refractivity contribution is -0.143. The van der Waals surface area contributed by atoms with Gasteiger partial charge in [0.25, 0.3) is 0 Å². The molecule has 1 saturated carbocycles. The van der Waals surface area contributed by atoms with Crippen molar-refractivity contribution in [2.24, 2.45) is 11.7 Å². The zero-order valence-corrected chi connectivity index (χ0v) is 13.1. The van der Waals surface area contributed by atoms with Crippen molar-refractivity contribution in [3.63, 3.8) is 0 Å². The van der Waals surface area contributed by atoms with E-state index in [1.807, 2.05) is 0 Å². The number of hydrogen-bond acceptors (Lipinski definition) is 5. The maximum absolute atomic E-state index is 12.0. The molecule has 1 fully saturated rings. The maximum Gasteiger partial charge on any atom is 0.308 e. The molecule has 0 radical (unpaired) electrons. The number of carbonyl (C=O) groups is 2. The molecule has 3 unspecified atom stereocenters. The van der Waals surface area contributed by atoms with Crippen LogP contribution in [-0.2, 0) is 19.4 Å². The van der Waals surface area contributed by atoms with Crippen LogP contribution in [0.2, 0.25) is 0 Å². The molecule has 0 saturated heterocycles. The van der Waals surface area contributed by atoms with Crippen LogP contribution in [0.15, 0.2) is 0 Å². The second-order valence-corrected chi connectivity index (χ2v) is 7.98. The number of nitrogens with one attached hydrogen (secondary N) is 1. The van der Waals surface area contributed by atoms with Crippen molar-refractivity contribution in [3.8, 4) is 0 Å². The molecule has 1 aliphatic carbocycles. The molecule has 0 aromatic rings. The van der Waals surface area contributed by atoms with Gasteiger partial charge < -0.3 is 16.2 Å². The third-order valence-electron chi connectivity index (χ3n) is 3.80. The summed E-state index contributed by atoms with van der Waals surface area (Å²) in [6, 6.07) is -1.36. The minimum Gasteiger partial charge on any atom is -0.481 e. The maximum atomic E-state index is 12.0. The number of amides is 1. The summed E-state index contributed by atoms with van der Waals surface area (Å²) in [5.41, 5.74) is 5.68. The van der Waals surface area contributed by atoms with Crippen molar-refractivity contribution in [2.45, 2.75) is 50.6 Å². The standard InChI is InChI=1S/C13H24N2O5S/c1-21(19,20)8-7-10(14)12(16)15-11-6-4-2-3-5-9(11)13(17)18/h9-11H,2-8,14H2,1H3,(H,15,16)(H,17,18). The van der Waals surface area contributed by atoms with E-state index in [2.05, 4.69) is 5.32 Å². The smallest absolute Gasteiger partial charge is 0.308 e. The lowest BCUT2D eigenvalue weighted by Crippen LogP contribution is -2.49. The van der Waals surface area contributed by atoms with Gasteiger partial charge in [-0.25, -0.2) is 8.42 Å². The Morgan fingerprint density at radius 2 is 1.90 bits per heavy atom. The highest BCUT2D eigenvalue weighted by atomic mass is 32.2. The summed E-state index contributed by atoms with van der Waals surface area (Å²) in [5, 5.41) is 11.9. The normalized spacial score (nSPS) is 24.9. The summed E-state index contributed by atoms with van der Waals surface area (Å²) < 4.78 is 22.1. The number of rotatable bonds is 6. The first-order chi connectivity index (χ1) is 9.70. The van der Waals surface area contributed by atoms with Gasteiger partial charge in [-0.1, -0.05) is 19.3 Å². The fourth-order valence-corrected chi connectivity index (χ4v) is 3.22. The van der Waals surface area contributed by atoms with E-state index in [9.17, 15) is 23.1 Å². The second-order valence-electron chi connectivity index (χ2n) is 5.72. The van der Waals surface area contributed by atoms with Gasteiger partial charge in [-0.3, -0.25) is 9.59 Å². The van der Waals surface area contributed by atoms with Gasteiger partial charge in [0, 0.05) is 12.3 Å². The molecule has 21 heavy (non-hydrogen) atoms. The summed E-state index contributed by atoms with van der Waals surface area (Å²) in [7, 11) is -3.17. The lowest BCUT2D eigenvalue weighted by atomic mass is 9.94. The molecule has 4 N–H and O–H groups in total. The zero-order chi connectivity index (χ0) is 16.0. The monoisotopic (exact) mass is 320 g/mol. The quantitative estimate of drug-likeness (QED) is 0.586. The summed E-state index contributed by atoms with van der Waals surface area (Å²) >= 11 is 0. The van der Waals surface area contributed by atoms with E-state index in [4.69, 9.17) is 5.73 Å². The summed E-state index contributed by atoms with van der Waals surface area (Å²) in [6.07, 6.45) is 4.94. The number of hydrogen-bond donors (Lipinski definition) is 3. The number of carboxylic acids is 1. The highest BCUT2D eigenvalue weighted by Gasteiger charge is 2.31. The van der Waals surface area contributed by atoms with Crippen LogP contribution in [0.25, 0.3) is 0 Å². The largest absolute Gasteiger partial charge is 0.481 e. The predicted molar refractivity (Wildman–Crippen MR) is 78.4 cm³/mol. The van der Waals surface area contributed by atoms with Gasteiger partial charge in [-0.05, 0) is 19.3 Å². The molecule has 0 heterocycles. The molecule has 0 aromatic heterocycles. The van der Waals surface area contributed by atoms with Crippen molar-refractivity contribution in [1.29, 1.82) is 0 Å². The minimum atomic E-state index is -3.17. The van der Waals surface area contributed by atoms with Crippen molar-refractivity contribution in [2.75, 3.05) is 12.0 Å². The van der Waals surface area contributed by atoms with E-state index in [-0.39, 0.29) is 12.2 Å². The number of aliphatic carboxylic acids is 1. The molecular formula is C13H24N2O5S. The second kappa shape index (κ2) is 7.74. The van der Waals surface area contributed by atoms with E-state index >= 15 is 0 Å². The van der Waals surface area contributed by atoms with Crippen molar-refractivity contribution in [3.05, 3.63) is 0 Å². The van der Waals surface area contributed by atoms with Crippen LogP contribution in [-0.4, -0.2) is 49.5 Å². The Kier molecular flexibility index (Phi) is 6.60. The number of nitrogens with two attached hydrogens (primary N) is 1. The van der Waals surface area contributed by atoms with Crippen LogP contribution in [0.1, 0.15) is 38.5 Å². The van der Waals surface area contributed by atoms with Crippen LogP contribution < -0.4 is 11.1 Å². The fraction of sp³-hybridized carbons (Fsp3) is 0.846. The zero-order valence-electron chi connectivity index (χ0n) is 12.2. The van der Waals surface area contributed by atoms with E-state index in [1.165, 1.54) is 0 Å². The predicted octanol–water partition coefficient (Wildman–Crippen LogP) is -0.102. The van der Waals surface area contributed by atoms with Gasteiger partial charge in [-0.2, -0.15) is 0 Å². The summed E-state index contributed by atoms with van der Waals surface area (Å²) in [4.78, 5) is 23.2. The first-order valence-electron chi connectivity index (χ1n) is 7.17. The molecule has 3 atom stereocenters. The van der Waals surface area contributed by atoms with E-state index in [1.54, 1.807) is 0 Å². The number of carboxylic acid groups (broad SMARTS) is 1. The molecule has 0 aliphatic heterocycles. The average Bonchev–Trinajstić information content (AvgIpc) is 2.60. The number of carbonyl (C=O) groups excluding carboxylic acids is 1. The molecule has 1 amide bonds. The fourth-order valence-electron chi connectivity index (χ4n) is 2.54. The van der Waals surface area contributed by atoms with E-state index in [0.717, 1.165) is 25.5 Å². The van der Waals surface area contributed by atoms with Gasteiger partial charge in [0.15, 0.2) is 0 Å². The Morgan fingerprint density at radius 3 is 2.48 bits per heavy atom. The van der Waals surface area contributed by atoms with Gasteiger partial charge >= 0.3 is 5.97 Å². The Bertz CT molecular complexity index is 477. The van der Waals surface area contributed by atoms with Crippen LogP contribution in [0.5, 0.6) is 0 Å². The van der Waals surface area contributed by atoms with Crippen molar-refractivity contribution in [1.82, 2.24) is 5.32 Å². The van der Waals surface area contributed by atoms with Crippen LogP contribution >= 0.6 is 0 Å². The third-order valence-corrected chi connectivity index (χ3v) is 4.77. The highest BCUT2D eigenvalue weighted by Crippen LogP contribution is 2.23. The first-order valence-corrected chi connectivity index (χ1v) is 9.23. The average molecular weight is 320 g/mol. The van der Waals surface area contributed by atoms with Crippen LogP contribution in [0.3, 0.4) is 0 Å². The first kappa shape index (κ1) is 17.9. The SMILES string of the molecule is CS(=O)(=O)CCC(N)C(=O)NC1CCCCCC1C(=O)O. The summed E-state index contributed by atoms with van der Waals surface area (Å²) in [6.45, 7) is 0. The molecule has 1 aliphatic rings. The summed E-state index contributed by atoms with van der Waals surface area (Å²) in [5.74, 6) is -2.14. The van der Waals surface area contributed by atoms with Crippen molar-refractivity contribution >= 4 is 21.7 Å². The highest BCUT2D eigenvalue weighted by molar-refractivity contribution is 7.90. The Balaban J connectivity index is 2.59. The van der Waals surface area contributed by atoms with Crippen molar-refractivity contribution < 1.29 is 23.1 Å².